The fourth-order valence-electron chi connectivity index (χ4n) is 2.63. The number of aliphatic imine (C=N–C) groups is 1. The molecule has 1 heterocycles. The standard InChI is InChI=1S/C21H24N2O3S/c1-14(2)25-18-9-5-16(6-10-18)22-21-23(20(24)13-27-21)17-7-11-19(12-8-17)26-15(3)4/h5-12,14-15H,13H2,1-4H3. The summed E-state index contributed by atoms with van der Waals surface area (Å²) < 4.78 is 11.3. The first-order chi connectivity index (χ1) is 12.9. The third-order valence-electron chi connectivity index (χ3n) is 3.67. The summed E-state index contributed by atoms with van der Waals surface area (Å²) in [5.41, 5.74) is 1.58. The Kier molecular flexibility index (Phi) is 6.06. The van der Waals surface area contributed by atoms with Crippen molar-refractivity contribution in [2.24, 2.45) is 4.99 Å². The van der Waals surface area contributed by atoms with Crippen LogP contribution in [0.25, 0.3) is 0 Å². The molecule has 0 atom stereocenters. The Morgan fingerprint density at radius 3 is 1.93 bits per heavy atom. The summed E-state index contributed by atoms with van der Waals surface area (Å²) in [6, 6.07) is 15.1. The van der Waals surface area contributed by atoms with Crippen LogP contribution in [0.2, 0.25) is 0 Å². The number of carbonyl (C=O) groups is 1. The van der Waals surface area contributed by atoms with E-state index in [1.807, 2.05) is 76.2 Å². The number of hydrogen-bond acceptors (Lipinski definition) is 5. The Labute approximate surface area is 164 Å². The summed E-state index contributed by atoms with van der Waals surface area (Å²) in [6.45, 7) is 7.95. The van der Waals surface area contributed by atoms with Gasteiger partial charge < -0.3 is 9.47 Å². The maximum absolute atomic E-state index is 12.4. The molecule has 3 rings (SSSR count). The van der Waals surface area contributed by atoms with E-state index in [0.29, 0.717) is 10.9 Å². The van der Waals surface area contributed by atoms with Crippen molar-refractivity contribution < 1.29 is 14.3 Å². The second kappa shape index (κ2) is 8.48. The van der Waals surface area contributed by atoms with Gasteiger partial charge in [0, 0.05) is 0 Å². The second-order valence-corrected chi connectivity index (χ2v) is 7.68. The van der Waals surface area contributed by atoms with E-state index in [0.717, 1.165) is 22.9 Å². The highest BCUT2D eigenvalue weighted by Gasteiger charge is 2.29. The Hall–Kier alpha value is -2.47. The molecule has 1 aliphatic rings. The zero-order valence-electron chi connectivity index (χ0n) is 16.0. The third-order valence-corrected chi connectivity index (χ3v) is 4.59. The predicted molar refractivity (Wildman–Crippen MR) is 111 cm³/mol. The lowest BCUT2D eigenvalue weighted by Crippen LogP contribution is -2.29. The average Bonchev–Trinajstić information content (AvgIpc) is 2.97. The van der Waals surface area contributed by atoms with Crippen LogP contribution in [-0.2, 0) is 4.79 Å². The number of carbonyl (C=O) groups excluding carboxylic acids is 1. The van der Waals surface area contributed by atoms with E-state index < -0.39 is 0 Å². The van der Waals surface area contributed by atoms with E-state index in [2.05, 4.69) is 4.99 Å². The molecule has 142 valence electrons. The van der Waals surface area contributed by atoms with Gasteiger partial charge in [-0.05, 0) is 76.2 Å². The molecular weight excluding hydrogens is 360 g/mol. The van der Waals surface area contributed by atoms with Crippen molar-refractivity contribution in [3.63, 3.8) is 0 Å². The van der Waals surface area contributed by atoms with Crippen LogP contribution in [0.15, 0.2) is 53.5 Å². The Balaban J connectivity index is 1.80. The van der Waals surface area contributed by atoms with Crippen LogP contribution in [0.5, 0.6) is 11.5 Å². The largest absolute Gasteiger partial charge is 0.491 e. The van der Waals surface area contributed by atoms with Crippen molar-refractivity contribution in [1.29, 1.82) is 0 Å². The van der Waals surface area contributed by atoms with Crippen LogP contribution >= 0.6 is 11.8 Å². The first-order valence-corrected chi connectivity index (χ1v) is 9.99. The summed E-state index contributed by atoms with van der Waals surface area (Å²) in [5, 5.41) is 0.676. The zero-order chi connectivity index (χ0) is 19.4. The van der Waals surface area contributed by atoms with E-state index in [1.165, 1.54) is 11.8 Å². The molecule has 1 saturated heterocycles. The van der Waals surface area contributed by atoms with Gasteiger partial charge in [-0.25, -0.2) is 4.99 Å². The lowest BCUT2D eigenvalue weighted by Gasteiger charge is -2.17. The van der Waals surface area contributed by atoms with Crippen molar-refractivity contribution >= 4 is 34.2 Å². The molecule has 2 aromatic carbocycles. The van der Waals surface area contributed by atoms with Crippen LogP contribution in [-0.4, -0.2) is 29.0 Å². The number of nitrogens with zero attached hydrogens (tertiary/aromatic N) is 2. The van der Waals surface area contributed by atoms with Gasteiger partial charge in [-0.3, -0.25) is 9.69 Å². The highest BCUT2D eigenvalue weighted by Crippen LogP contribution is 2.30. The third kappa shape index (κ3) is 5.04. The predicted octanol–water partition coefficient (Wildman–Crippen LogP) is 5.03. The number of anilines is 1. The van der Waals surface area contributed by atoms with E-state index in [1.54, 1.807) is 4.90 Å². The molecule has 0 aromatic heterocycles. The Morgan fingerprint density at radius 1 is 0.889 bits per heavy atom. The Morgan fingerprint density at radius 2 is 1.41 bits per heavy atom. The van der Waals surface area contributed by atoms with Gasteiger partial charge in [-0.1, -0.05) is 11.8 Å². The van der Waals surface area contributed by atoms with Crippen LogP contribution in [0.4, 0.5) is 11.4 Å². The van der Waals surface area contributed by atoms with Gasteiger partial charge in [0.25, 0.3) is 0 Å². The van der Waals surface area contributed by atoms with Crippen LogP contribution in [0, 0.1) is 0 Å². The minimum absolute atomic E-state index is 0.0241. The number of rotatable bonds is 6. The van der Waals surface area contributed by atoms with Crippen molar-refractivity contribution in [3.05, 3.63) is 48.5 Å². The van der Waals surface area contributed by atoms with Gasteiger partial charge in [-0.2, -0.15) is 0 Å². The maximum Gasteiger partial charge on any atom is 0.243 e. The summed E-state index contributed by atoms with van der Waals surface area (Å²) in [4.78, 5) is 18.7. The van der Waals surface area contributed by atoms with Gasteiger partial charge >= 0.3 is 0 Å². The quantitative estimate of drug-likeness (QED) is 0.701. The topological polar surface area (TPSA) is 51.1 Å². The number of amidine groups is 1. The first kappa shape index (κ1) is 19.3. The van der Waals surface area contributed by atoms with Crippen molar-refractivity contribution in [2.45, 2.75) is 39.9 Å². The van der Waals surface area contributed by atoms with Crippen LogP contribution in [0.1, 0.15) is 27.7 Å². The number of hydrogen-bond donors (Lipinski definition) is 0. The van der Waals surface area contributed by atoms with Gasteiger partial charge in [0.05, 0.1) is 29.3 Å². The van der Waals surface area contributed by atoms with E-state index in [9.17, 15) is 4.79 Å². The molecule has 0 spiro atoms. The molecule has 0 aliphatic carbocycles. The number of ether oxygens (including phenoxy) is 2. The maximum atomic E-state index is 12.4. The molecule has 2 aromatic rings. The smallest absolute Gasteiger partial charge is 0.243 e. The van der Waals surface area contributed by atoms with Crippen molar-refractivity contribution in [3.8, 4) is 11.5 Å². The lowest BCUT2D eigenvalue weighted by atomic mass is 10.2. The molecular formula is C21H24N2O3S. The monoisotopic (exact) mass is 384 g/mol. The molecule has 6 heteroatoms. The highest BCUT2D eigenvalue weighted by molar-refractivity contribution is 8.15. The molecule has 1 amide bonds. The molecule has 5 nitrogen and oxygen atoms in total. The lowest BCUT2D eigenvalue weighted by molar-refractivity contribution is -0.115. The van der Waals surface area contributed by atoms with Crippen LogP contribution < -0.4 is 14.4 Å². The zero-order valence-corrected chi connectivity index (χ0v) is 16.8. The van der Waals surface area contributed by atoms with Gasteiger partial charge in [-0.15, -0.1) is 0 Å². The average molecular weight is 385 g/mol. The molecule has 0 unspecified atom stereocenters. The molecule has 1 fully saturated rings. The summed E-state index contributed by atoms with van der Waals surface area (Å²) in [6.07, 6.45) is 0.239. The summed E-state index contributed by atoms with van der Waals surface area (Å²) in [5.74, 6) is 2.00. The first-order valence-electron chi connectivity index (χ1n) is 9.00. The molecule has 0 bridgehead atoms. The molecule has 0 N–H and O–H groups in total. The molecule has 27 heavy (non-hydrogen) atoms. The fraction of sp³-hybridized carbons (Fsp3) is 0.333. The number of thioether (sulfide) groups is 1. The minimum atomic E-state index is 0.0241. The normalized spacial score (nSPS) is 15.9. The van der Waals surface area contributed by atoms with Gasteiger partial charge in [0.1, 0.15) is 11.5 Å². The number of benzene rings is 2. The summed E-state index contributed by atoms with van der Waals surface area (Å²) in [7, 11) is 0. The fourth-order valence-corrected chi connectivity index (χ4v) is 3.51. The van der Waals surface area contributed by atoms with Gasteiger partial charge in [0.2, 0.25) is 5.91 Å². The van der Waals surface area contributed by atoms with Crippen molar-refractivity contribution in [2.75, 3.05) is 10.7 Å². The Bertz CT molecular complexity index is 814. The van der Waals surface area contributed by atoms with Gasteiger partial charge in [0.15, 0.2) is 5.17 Å². The molecule has 0 radical (unpaired) electrons. The molecule has 0 saturated carbocycles. The van der Waals surface area contributed by atoms with E-state index in [4.69, 9.17) is 9.47 Å². The van der Waals surface area contributed by atoms with Crippen LogP contribution in [0.3, 0.4) is 0 Å². The van der Waals surface area contributed by atoms with E-state index >= 15 is 0 Å². The SMILES string of the molecule is CC(C)Oc1ccc(N=C2SCC(=O)N2c2ccc(OC(C)C)cc2)cc1. The summed E-state index contributed by atoms with van der Waals surface area (Å²) >= 11 is 1.44. The second-order valence-electron chi connectivity index (χ2n) is 6.73. The van der Waals surface area contributed by atoms with E-state index in [-0.39, 0.29) is 18.1 Å². The number of amides is 1. The minimum Gasteiger partial charge on any atom is -0.491 e. The molecule has 1 aliphatic heterocycles. The highest BCUT2D eigenvalue weighted by atomic mass is 32.2. The van der Waals surface area contributed by atoms with Crippen molar-refractivity contribution in [1.82, 2.24) is 0 Å².